The molecule has 16 heavy (non-hydrogen) atoms. The molecule has 0 saturated carbocycles. The number of H-pyrrole nitrogens is 1. The van der Waals surface area contributed by atoms with Gasteiger partial charge in [-0.15, -0.1) is 0 Å². The molecule has 0 fully saturated rings. The number of hydrogen-bond acceptors (Lipinski definition) is 2. The number of aliphatic carboxylic acids is 1. The van der Waals surface area contributed by atoms with E-state index in [0.717, 1.165) is 16.5 Å². The predicted octanol–water partition coefficient (Wildman–Crippen LogP) is 1.50. The molecular formula is C11H11NO4. The fraction of sp³-hybridized carbons (Fsp3) is 0.0909. The molecule has 5 nitrogen and oxygen atoms in total. The molecule has 0 atom stereocenters. The Bertz CT molecular complexity index is 489. The summed E-state index contributed by atoms with van der Waals surface area (Å²) in [6, 6.07) is 7.68. The average molecular weight is 221 g/mol. The van der Waals surface area contributed by atoms with Crippen molar-refractivity contribution >= 4 is 23.3 Å². The molecule has 0 amide bonds. The number of hydrogen-bond donors (Lipinski definition) is 3. The van der Waals surface area contributed by atoms with Crippen LogP contribution >= 0.6 is 0 Å². The molecule has 0 aliphatic heterocycles. The van der Waals surface area contributed by atoms with Crippen LogP contribution in [0.15, 0.2) is 30.5 Å². The standard InChI is InChI=1S/C10H9NO2.CH2O2/c12-10(13)5-7-6-11-9-4-2-1-3-8(7)9;2-1-3/h1-4,6,11H,5H2,(H,12,13);1H,(H,2,3). The van der Waals surface area contributed by atoms with E-state index >= 15 is 0 Å². The van der Waals surface area contributed by atoms with E-state index < -0.39 is 5.97 Å². The van der Waals surface area contributed by atoms with E-state index in [0.29, 0.717) is 0 Å². The van der Waals surface area contributed by atoms with E-state index in [2.05, 4.69) is 4.98 Å². The first-order chi connectivity index (χ1) is 7.69. The summed E-state index contributed by atoms with van der Waals surface area (Å²) in [5.41, 5.74) is 1.82. The van der Waals surface area contributed by atoms with Gasteiger partial charge in [-0.2, -0.15) is 0 Å². The van der Waals surface area contributed by atoms with Crippen molar-refractivity contribution in [3.63, 3.8) is 0 Å². The molecule has 1 aromatic carbocycles. The van der Waals surface area contributed by atoms with Gasteiger partial charge < -0.3 is 15.2 Å². The number of para-hydroxylation sites is 1. The minimum atomic E-state index is -0.801. The second-order valence-corrected chi connectivity index (χ2v) is 3.04. The molecule has 0 aliphatic rings. The van der Waals surface area contributed by atoms with Crippen molar-refractivity contribution in [3.8, 4) is 0 Å². The summed E-state index contributed by atoms with van der Waals surface area (Å²) in [6.07, 6.45) is 1.82. The zero-order chi connectivity index (χ0) is 12.0. The molecule has 2 aromatic rings. The number of nitrogens with one attached hydrogen (secondary N) is 1. The lowest BCUT2D eigenvalue weighted by molar-refractivity contribution is -0.136. The summed E-state index contributed by atoms with van der Waals surface area (Å²) >= 11 is 0. The quantitative estimate of drug-likeness (QED) is 0.670. The van der Waals surface area contributed by atoms with Crippen molar-refractivity contribution in [2.24, 2.45) is 0 Å². The highest BCUT2D eigenvalue weighted by Crippen LogP contribution is 2.17. The molecular weight excluding hydrogens is 210 g/mol. The van der Waals surface area contributed by atoms with Crippen molar-refractivity contribution in [1.82, 2.24) is 4.98 Å². The molecule has 0 unspecified atom stereocenters. The third-order valence-electron chi connectivity index (χ3n) is 2.02. The van der Waals surface area contributed by atoms with Crippen LogP contribution < -0.4 is 0 Å². The highest BCUT2D eigenvalue weighted by atomic mass is 16.4. The highest BCUT2D eigenvalue weighted by molar-refractivity contribution is 5.86. The van der Waals surface area contributed by atoms with Gasteiger partial charge in [0.2, 0.25) is 0 Å². The molecule has 84 valence electrons. The van der Waals surface area contributed by atoms with Crippen LogP contribution in [-0.2, 0) is 16.0 Å². The number of carboxylic acids is 1. The van der Waals surface area contributed by atoms with Gasteiger partial charge in [-0.1, -0.05) is 18.2 Å². The number of carbonyl (C=O) groups is 2. The molecule has 1 heterocycles. The summed E-state index contributed by atoms with van der Waals surface area (Å²) in [4.78, 5) is 21.9. The maximum absolute atomic E-state index is 10.5. The van der Waals surface area contributed by atoms with Crippen LogP contribution in [0.5, 0.6) is 0 Å². The summed E-state index contributed by atoms with van der Waals surface area (Å²) in [5, 5.41) is 16.5. The molecule has 0 aliphatic carbocycles. The van der Waals surface area contributed by atoms with Crippen LogP contribution in [0.3, 0.4) is 0 Å². The minimum Gasteiger partial charge on any atom is -0.483 e. The Hall–Kier alpha value is -2.30. The molecule has 1 aromatic heterocycles. The monoisotopic (exact) mass is 221 g/mol. The van der Waals surface area contributed by atoms with Gasteiger partial charge in [-0.3, -0.25) is 9.59 Å². The zero-order valence-electron chi connectivity index (χ0n) is 8.38. The summed E-state index contributed by atoms with van der Waals surface area (Å²) in [5.74, 6) is -0.801. The van der Waals surface area contributed by atoms with Crippen LogP contribution in [0.1, 0.15) is 5.56 Å². The average Bonchev–Trinajstić information content (AvgIpc) is 2.63. The van der Waals surface area contributed by atoms with Gasteiger partial charge in [-0.05, 0) is 11.6 Å². The largest absolute Gasteiger partial charge is 0.483 e. The van der Waals surface area contributed by atoms with Crippen LogP contribution in [0.4, 0.5) is 0 Å². The van der Waals surface area contributed by atoms with E-state index in [9.17, 15) is 4.79 Å². The topological polar surface area (TPSA) is 90.4 Å². The molecule has 0 spiro atoms. The molecule has 3 N–H and O–H groups in total. The second-order valence-electron chi connectivity index (χ2n) is 3.04. The Labute approximate surface area is 91.3 Å². The van der Waals surface area contributed by atoms with Gasteiger partial charge in [0.15, 0.2) is 0 Å². The molecule has 5 heteroatoms. The van der Waals surface area contributed by atoms with Gasteiger partial charge in [0.1, 0.15) is 0 Å². The third-order valence-corrected chi connectivity index (χ3v) is 2.02. The molecule has 0 radical (unpaired) electrons. The fourth-order valence-corrected chi connectivity index (χ4v) is 1.44. The SMILES string of the molecule is O=C(O)Cc1c[nH]c2ccccc12.O=CO. The zero-order valence-corrected chi connectivity index (χ0v) is 8.38. The number of benzene rings is 1. The van der Waals surface area contributed by atoms with Crippen LogP contribution in [-0.4, -0.2) is 27.6 Å². The lowest BCUT2D eigenvalue weighted by Gasteiger charge is -1.92. The van der Waals surface area contributed by atoms with Crippen molar-refractivity contribution in [1.29, 1.82) is 0 Å². The van der Waals surface area contributed by atoms with E-state index in [-0.39, 0.29) is 12.9 Å². The van der Waals surface area contributed by atoms with Crippen molar-refractivity contribution in [2.75, 3.05) is 0 Å². The number of rotatable bonds is 2. The van der Waals surface area contributed by atoms with Crippen molar-refractivity contribution < 1.29 is 19.8 Å². The number of carboxylic acid groups (broad SMARTS) is 2. The minimum absolute atomic E-state index is 0.0734. The second kappa shape index (κ2) is 5.55. The van der Waals surface area contributed by atoms with E-state index in [4.69, 9.17) is 15.0 Å². The summed E-state index contributed by atoms with van der Waals surface area (Å²) in [6.45, 7) is -0.250. The van der Waals surface area contributed by atoms with Crippen molar-refractivity contribution in [3.05, 3.63) is 36.0 Å². The number of aromatic nitrogens is 1. The number of aromatic amines is 1. The van der Waals surface area contributed by atoms with Gasteiger partial charge in [0.05, 0.1) is 6.42 Å². The van der Waals surface area contributed by atoms with E-state index in [1.807, 2.05) is 24.3 Å². The third kappa shape index (κ3) is 2.84. The maximum Gasteiger partial charge on any atom is 0.307 e. The first-order valence-electron chi connectivity index (χ1n) is 4.53. The fourth-order valence-electron chi connectivity index (χ4n) is 1.44. The lowest BCUT2D eigenvalue weighted by atomic mass is 10.1. The predicted molar refractivity (Wildman–Crippen MR) is 58.3 cm³/mol. The Kier molecular flexibility index (Phi) is 4.08. The number of fused-ring (bicyclic) bond motifs is 1. The first-order valence-corrected chi connectivity index (χ1v) is 4.53. The van der Waals surface area contributed by atoms with E-state index in [1.165, 1.54) is 0 Å². The van der Waals surface area contributed by atoms with Gasteiger partial charge in [-0.25, -0.2) is 0 Å². The van der Waals surface area contributed by atoms with Crippen LogP contribution in [0.25, 0.3) is 10.9 Å². The lowest BCUT2D eigenvalue weighted by Crippen LogP contribution is -1.98. The summed E-state index contributed by atoms with van der Waals surface area (Å²) < 4.78 is 0. The van der Waals surface area contributed by atoms with E-state index in [1.54, 1.807) is 6.20 Å². The molecule has 0 saturated heterocycles. The molecule has 2 rings (SSSR count). The van der Waals surface area contributed by atoms with Crippen molar-refractivity contribution in [2.45, 2.75) is 6.42 Å². The van der Waals surface area contributed by atoms with Gasteiger partial charge in [0, 0.05) is 17.1 Å². The molecule has 0 bridgehead atoms. The van der Waals surface area contributed by atoms with Gasteiger partial charge >= 0.3 is 5.97 Å². The highest BCUT2D eigenvalue weighted by Gasteiger charge is 2.05. The normalized spacial score (nSPS) is 9.25. The Balaban J connectivity index is 0.000000386. The summed E-state index contributed by atoms with van der Waals surface area (Å²) in [7, 11) is 0. The van der Waals surface area contributed by atoms with Gasteiger partial charge in [0.25, 0.3) is 6.47 Å². The maximum atomic E-state index is 10.5. The smallest absolute Gasteiger partial charge is 0.307 e. The Morgan fingerprint density at radius 1 is 1.38 bits per heavy atom. The Morgan fingerprint density at radius 3 is 2.62 bits per heavy atom. The Morgan fingerprint density at radius 2 is 2.00 bits per heavy atom. The first kappa shape index (κ1) is 11.8. The van der Waals surface area contributed by atoms with Crippen LogP contribution in [0, 0.1) is 0 Å². The van der Waals surface area contributed by atoms with Crippen LogP contribution in [0.2, 0.25) is 0 Å².